The molecule has 0 bridgehead atoms. The first-order chi connectivity index (χ1) is 11.2. The highest BCUT2D eigenvalue weighted by atomic mass is 35.5. The highest BCUT2D eigenvalue weighted by Crippen LogP contribution is 2.25. The molecule has 1 heterocycles. The second-order valence-electron chi connectivity index (χ2n) is 5.90. The summed E-state index contributed by atoms with van der Waals surface area (Å²) in [7, 11) is 0. The molecule has 1 fully saturated rings. The molecule has 144 valence electrons. The Morgan fingerprint density at radius 3 is 2.64 bits per heavy atom. The van der Waals surface area contributed by atoms with Crippen molar-refractivity contribution in [3.05, 3.63) is 24.3 Å². The molecule has 1 unspecified atom stereocenters. The van der Waals surface area contributed by atoms with Crippen LogP contribution in [0.2, 0.25) is 0 Å². The van der Waals surface area contributed by atoms with E-state index < -0.39 is 0 Å². The maximum Gasteiger partial charge on any atom is 0.228 e. The SMILES string of the molecule is CCN(CC)CCOc1ccccc1NC(=O)C1CCCNC1.Cl.Cl. The van der Waals surface area contributed by atoms with Crippen LogP contribution >= 0.6 is 24.8 Å². The van der Waals surface area contributed by atoms with Gasteiger partial charge in [-0.3, -0.25) is 4.79 Å². The van der Waals surface area contributed by atoms with Crippen molar-refractivity contribution in [1.29, 1.82) is 0 Å². The number of ether oxygens (including phenoxy) is 1. The molecule has 1 aliphatic rings. The molecule has 2 rings (SSSR count). The molecular weight excluding hydrogens is 361 g/mol. The summed E-state index contributed by atoms with van der Waals surface area (Å²) in [6.07, 6.45) is 2.00. The lowest BCUT2D eigenvalue weighted by Gasteiger charge is -2.23. The largest absolute Gasteiger partial charge is 0.490 e. The van der Waals surface area contributed by atoms with Crippen molar-refractivity contribution in [1.82, 2.24) is 10.2 Å². The minimum Gasteiger partial charge on any atom is -0.490 e. The van der Waals surface area contributed by atoms with Gasteiger partial charge in [-0.15, -0.1) is 24.8 Å². The Bertz CT molecular complexity index is 493. The lowest BCUT2D eigenvalue weighted by atomic mass is 9.99. The van der Waals surface area contributed by atoms with Crippen LogP contribution in [0.3, 0.4) is 0 Å². The zero-order chi connectivity index (χ0) is 16.5. The van der Waals surface area contributed by atoms with Gasteiger partial charge in [0.1, 0.15) is 12.4 Å². The molecule has 1 saturated heterocycles. The lowest BCUT2D eigenvalue weighted by molar-refractivity contribution is -0.120. The van der Waals surface area contributed by atoms with Crippen molar-refractivity contribution in [3.63, 3.8) is 0 Å². The number of likely N-dealkylation sites (N-methyl/N-ethyl adjacent to an activating group) is 1. The van der Waals surface area contributed by atoms with Crippen LogP contribution in [0.4, 0.5) is 5.69 Å². The van der Waals surface area contributed by atoms with Crippen molar-refractivity contribution in [2.24, 2.45) is 5.92 Å². The van der Waals surface area contributed by atoms with Crippen molar-refractivity contribution in [2.45, 2.75) is 26.7 Å². The van der Waals surface area contributed by atoms with Crippen LogP contribution in [0, 0.1) is 5.92 Å². The van der Waals surface area contributed by atoms with Crippen LogP contribution in [-0.2, 0) is 4.79 Å². The van der Waals surface area contributed by atoms with Crippen LogP contribution in [0.1, 0.15) is 26.7 Å². The van der Waals surface area contributed by atoms with Gasteiger partial charge < -0.3 is 20.3 Å². The summed E-state index contributed by atoms with van der Waals surface area (Å²) in [5, 5.41) is 6.31. The Labute approximate surface area is 163 Å². The molecule has 0 saturated carbocycles. The molecule has 5 nitrogen and oxygen atoms in total. The Morgan fingerprint density at radius 2 is 2.00 bits per heavy atom. The molecule has 0 aliphatic carbocycles. The minimum absolute atomic E-state index is 0. The van der Waals surface area contributed by atoms with E-state index in [1.807, 2.05) is 24.3 Å². The number of carbonyl (C=O) groups excluding carboxylic acids is 1. The predicted molar refractivity (Wildman–Crippen MR) is 108 cm³/mol. The van der Waals surface area contributed by atoms with E-state index in [0.29, 0.717) is 6.61 Å². The van der Waals surface area contributed by atoms with Gasteiger partial charge in [-0.25, -0.2) is 0 Å². The first-order valence-corrected chi connectivity index (χ1v) is 8.70. The fourth-order valence-corrected chi connectivity index (χ4v) is 2.83. The van der Waals surface area contributed by atoms with Gasteiger partial charge in [0.25, 0.3) is 0 Å². The molecule has 1 aliphatic heterocycles. The summed E-state index contributed by atoms with van der Waals surface area (Å²) in [6.45, 7) is 9.62. The third-order valence-electron chi connectivity index (χ3n) is 4.37. The molecular formula is C18H31Cl2N3O2. The third kappa shape index (κ3) is 7.82. The van der Waals surface area contributed by atoms with Gasteiger partial charge in [0.05, 0.1) is 11.6 Å². The Morgan fingerprint density at radius 1 is 1.28 bits per heavy atom. The van der Waals surface area contributed by atoms with Crippen molar-refractivity contribution >= 4 is 36.4 Å². The lowest BCUT2D eigenvalue weighted by Crippen LogP contribution is -2.37. The molecule has 2 N–H and O–H groups in total. The number of hydrogen-bond donors (Lipinski definition) is 2. The smallest absolute Gasteiger partial charge is 0.228 e. The Kier molecular flexibility index (Phi) is 12.7. The van der Waals surface area contributed by atoms with Crippen LogP contribution < -0.4 is 15.4 Å². The zero-order valence-electron chi connectivity index (χ0n) is 15.1. The highest BCUT2D eigenvalue weighted by molar-refractivity contribution is 5.94. The second kappa shape index (κ2) is 13.2. The summed E-state index contributed by atoms with van der Waals surface area (Å²) in [5.74, 6) is 0.876. The van der Waals surface area contributed by atoms with E-state index >= 15 is 0 Å². The number of nitrogens with one attached hydrogen (secondary N) is 2. The molecule has 1 atom stereocenters. The van der Waals surface area contributed by atoms with Crippen molar-refractivity contribution in [3.8, 4) is 5.75 Å². The van der Waals surface area contributed by atoms with E-state index in [2.05, 4.69) is 29.4 Å². The number of hydrogen-bond acceptors (Lipinski definition) is 4. The average molecular weight is 392 g/mol. The zero-order valence-corrected chi connectivity index (χ0v) is 16.8. The summed E-state index contributed by atoms with van der Waals surface area (Å²) in [4.78, 5) is 14.7. The maximum absolute atomic E-state index is 12.4. The molecule has 25 heavy (non-hydrogen) atoms. The Balaban J connectivity index is 0.00000288. The maximum atomic E-state index is 12.4. The summed E-state index contributed by atoms with van der Waals surface area (Å²) >= 11 is 0. The van der Waals surface area contributed by atoms with Gasteiger partial charge in [-0.1, -0.05) is 26.0 Å². The van der Waals surface area contributed by atoms with Gasteiger partial charge in [-0.05, 0) is 44.6 Å². The van der Waals surface area contributed by atoms with Crippen LogP contribution in [0.25, 0.3) is 0 Å². The third-order valence-corrected chi connectivity index (χ3v) is 4.37. The number of halogens is 2. The fraction of sp³-hybridized carbons (Fsp3) is 0.611. The van der Waals surface area contributed by atoms with E-state index in [1.165, 1.54) is 0 Å². The van der Waals surface area contributed by atoms with Gasteiger partial charge in [-0.2, -0.15) is 0 Å². The van der Waals surface area contributed by atoms with Gasteiger partial charge in [0.15, 0.2) is 0 Å². The average Bonchev–Trinajstić information content (AvgIpc) is 2.61. The molecule has 1 aromatic rings. The standard InChI is InChI=1S/C18H29N3O2.2ClH/c1-3-21(4-2)12-13-23-17-10-6-5-9-16(17)20-18(22)15-8-7-11-19-14-15;;/h5-6,9-10,15,19H,3-4,7-8,11-14H2,1-2H3,(H,20,22);2*1H. The van der Waals surface area contributed by atoms with E-state index in [9.17, 15) is 4.79 Å². The molecule has 0 aromatic heterocycles. The van der Waals surface area contributed by atoms with Crippen molar-refractivity contribution < 1.29 is 9.53 Å². The highest BCUT2D eigenvalue weighted by Gasteiger charge is 2.21. The number of amides is 1. The first-order valence-electron chi connectivity index (χ1n) is 8.70. The van der Waals surface area contributed by atoms with Gasteiger partial charge in [0.2, 0.25) is 5.91 Å². The van der Waals surface area contributed by atoms with E-state index in [1.54, 1.807) is 0 Å². The van der Waals surface area contributed by atoms with Crippen LogP contribution in [-0.4, -0.2) is 50.1 Å². The van der Waals surface area contributed by atoms with E-state index in [4.69, 9.17) is 4.74 Å². The fourth-order valence-electron chi connectivity index (χ4n) is 2.83. The topological polar surface area (TPSA) is 53.6 Å². The van der Waals surface area contributed by atoms with E-state index in [0.717, 1.165) is 57.0 Å². The number of anilines is 1. The molecule has 0 radical (unpaired) electrons. The van der Waals surface area contributed by atoms with Crippen molar-refractivity contribution in [2.75, 3.05) is 44.6 Å². The molecule has 7 heteroatoms. The van der Waals surface area contributed by atoms with Crippen LogP contribution in [0.15, 0.2) is 24.3 Å². The number of para-hydroxylation sites is 2. The Hall–Kier alpha value is -1.01. The normalized spacial score (nSPS) is 16.5. The minimum atomic E-state index is 0. The summed E-state index contributed by atoms with van der Waals surface area (Å²) in [6, 6.07) is 7.68. The van der Waals surface area contributed by atoms with Crippen LogP contribution in [0.5, 0.6) is 5.75 Å². The first kappa shape index (κ1) is 24.0. The molecule has 1 aromatic carbocycles. The predicted octanol–water partition coefficient (Wildman–Crippen LogP) is 3.19. The van der Waals surface area contributed by atoms with Gasteiger partial charge in [0, 0.05) is 13.1 Å². The number of carbonyl (C=O) groups is 1. The summed E-state index contributed by atoms with van der Waals surface area (Å²) in [5.41, 5.74) is 0.766. The number of nitrogens with zero attached hydrogens (tertiary/aromatic N) is 1. The monoisotopic (exact) mass is 391 g/mol. The molecule has 1 amide bonds. The number of piperidine rings is 1. The number of benzene rings is 1. The quantitative estimate of drug-likeness (QED) is 0.714. The summed E-state index contributed by atoms with van der Waals surface area (Å²) < 4.78 is 5.89. The van der Waals surface area contributed by atoms with Gasteiger partial charge >= 0.3 is 0 Å². The molecule has 0 spiro atoms. The second-order valence-corrected chi connectivity index (χ2v) is 5.90. The van der Waals surface area contributed by atoms with E-state index in [-0.39, 0.29) is 36.6 Å². The number of rotatable bonds is 8.